The van der Waals surface area contributed by atoms with Crippen LogP contribution in [0.1, 0.15) is 5.01 Å². The second kappa shape index (κ2) is 10.1. The molecular weight excluding hydrogens is 439 g/mol. The number of amides is 1. The highest BCUT2D eigenvalue weighted by Crippen LogP contribution is 2.35. The third-order valence-electron chi connectivity index (χ3n) is 4.95. The molecule has 0 unspecified atom stereocenters. The molecule has 0 saturated carbocycles. The number of aliphatic carboxylic acids is 1. The van der Waals surface area contributed by atoms with Gasteiger partial charge in [-0.25, -0.2) is 14.8 Å². The Bertz CT molecular complexity index is 869. The normalized spacial score (nSPS) is 23.4. The minimum Gasteiger partial charge on any atom is -0.475 e. The Labute approximate surface area is 179 Å². The van der Waals surface area contributed by atoms with Gasteiger partial charge in [-0.3, -0.25) is 14.7 Å². The molecule has 2 aromatic heterocycles. The number of fused-ring (bicyclic) bond motifs is 1. The highest BCUT2D eigenvalue weighted by molar-refractivity contribution is 7.09. The molecule has 2 fully saturated rings. The van der Waals surface area contributed by atoms with E-state index in [0.29, 0.717) is 24.3 Å². The van der Waals surface area contributed by atoms with Crippen molar-refractivity contribution in [3.05, 3.63) is 35.2 Å². The van der Waals surface area contributed by atoms with Crippen LogP contribution < -0.4 is 5.32 Å². The van der Waals surface area contributed by atoms with Crippen molar-refractivity contribution in [3.63, 3.8) is 0 Å². The summed E-state index contributed by atoms with van der Waals surface area (Å²) in [6, 6.07) is 0. The molecule has 3 atom stereocenters. The van der Waals surface area contributed by atoms with Gasteiger partial charge in [0.05, 0.1) is 31.9 Å². The summed E-state index contributed by atoms with van der Waals surface area (Å²) in [5, 5.41) is 13.1. The Morgan fingerprint density at radius 3 is 2.61 bits per heavy atom. The van der Waals surface area contributed by atoms with E-state index in [1.807, 2.05) is 11.6 Å². The van der Waals surface area contributed by atoms with Crippen LogP contribution in [0, 0.1) is 17.8 Å². The van der Waals surface area contributed by atoms with Gasteiger partial charge in [-0.15, -0.1) is 11.3 Å². The topological polar surface area (TPSA) is 118 Å². The molecule has 13 heteroatoms. The number of carbonyl (C=O) groups is 2. The summed E-state index contributed by atoms with van der Waals surface area (Å²) in [6.45, 7) is 3.92. The van der Waals surface area contributed by atoms with Crippen molar-refractivity contribution in [2.24, 2.45) is 17.8 Å². The average molecular weight is 459 g/mol. The van der Waals surface area contributed by atoms with Crippen LogP contribution in [-0.4, -0.2) is 69.3 Å². The first-order valence-corrected chi connectivity index (χ1v) is 10.2. The highest BCUT2D eigenvalue weighted by Gasteiger charge is 2.44. The Balaban J connectivity index is 0.000000339. The number of thiazole rings is 1. The molecule has 0 radical (unpaired) electrons. The molecule has 9 nitrogen and oxygen atoms in total. The minimum absolute atomic E-state index is 0.0266. The van der Waals surface area contributed by atoms with Crippen molar-refractivity contribution < 1.29 is 32.6 Å². The zero-order chi connectivity index (χ0) is 22.4. The summed E-state index contributed by atoms with van der Waals surface area (Å²) in [5.74, 6) is -1.73. The maximum absolute atomic E-state index is 12.6. The van der Waals surface area contributed by atoms with Gasteiger partial charge in [-0.1, -0.05) is 0 Å². The van der Waals surface area contributed by atoms with Gasteiger partial charge in [0.2, 0.25) is 5.91 Å². The van der Waals surface area contributed by atoms with Crippen LogP contribution in [0.2, 0.25) is 0 Å². The lowest BCUT2D eigenvalue weighted by atomic mass is 9.82. The van der Waals surface area contributed by atoms with Gasteiger partial charge in [-0.2, -0.15) is 13.2 Å². The first-order chi connectivity index (χ1) is 14.7. The number of ether oxygens (including phenoxy) is 1. The molecule has 1 amide bonds. The molecule has 2 saturated heterocycles. The van der Waals surface area contributed by atoms with Crippen molar-refractivity contribution in [1.82, 2.24) is 19.9 Å². The fraction of sp³-hybridized carbons (Fsp3) is 0.500. The van der Waals surface area contributed by atoms with Gasteiger partial charge < -0.3 is 15.2 Å². The summed E-state index contributed by atoms with van der Waals surface area (Å²) in [4.78, 5) is 36.4. The maximum atomic E-state index is 12.6. The summed E-state index contributed by atoms with van der Waals surface area (Å²) in [7, 11) is 0. The Morgan fingerprint density at radius 1 is 1.23 bits per heavy atom. The second-order valence-corrected chi connectivity index (χ2v) is 8.05. The number of carboxylic acids is 1. The minimum atomic E-state index is -5.08. The van der Waals surface area contributed by atoms with Crippen LogP contribution in [0.15, 0.2) is 30.2 Å². The van der Waals surface area contributed by atoms with E-state index in [0.717, 1.165) is 31.2 Å². The van der Waals surface area contributed by atoms with Gasteiger partial charge >= 0.3 is 12.1 Å². The van der Waals surface area contributed by atoms with E-state index in [1.165, 1.54) is 0 Å². The average Bonchev–Trinajstić information content (AvgIpc) is 3.37. The number of rotatable bonds is 4. The molecule has 0 bridgehead atoms. The summed E-state index contributed by atoms with van der Waals surface area (Å²) in [5.41, 5.74) is 0. The predicted molar refractivity (Wildman–Crippen MR) is 103 cm³/mol. The van der Waals surface area contributed by atoms with Crippen LogP contribution in [-0.2, 0) is 20.9 Å². The lowest BCUT2D eigenvalue weighted by Crippen LogP contribution is -2.42. The second-order valence-electron chi connectivity index (χ2n) is 7.07. The van der Waals surface area contributed by atoms with Gasteiger partial charge in [0, 0.05) is 37.1 Å². The summed E-state index contributed by atoms with van der Waals surface area (Å²) >= 11 is 1.67. The highest BCUT2D eigenvalue weighted by atomic mass is 32.1. The number of anilines is 1. The SMILES string of the molecule is O=C(Nc1cnccn1)[C@H]1COC[C@H]2CN(Cc3nccs3)C[C@H]21.O=C(O)C(F)(F)F. The zero-order valence-electron chi connectivity index (χ0n) is 16.2. The van der Waals surface area contributed by atoms with Crippen molar-refractivity contribution in [3.8, 4) is 0 Å². The number of aromatic nitrogens is 3. The van der Waals surface area contributed by atoms with E-state index in [9.17, 15) is 18.0 Å². The monoisotopic (exact) mass is 459 g/mol. The third kappa shape index (κ3) is 6.42. The number of carbonyl (C=O) groups excluding carboxylic acids is 1. The summed E-state index contributed by atoms with van der Waals surface area (Å²) in [6.07, 6.45) is 1.47. The smallest absolute Gasteiger partial charge is 0.475 e. The van der Waals surface area contributed by atoms with Crippen molar-refractivity contribution in [1.29, 1.82) is 0 Å². The predicted octanol–water partition coefficient (Wildman–Crippen LogP) is 1.90. The van der Waals surface area contributed by atoms with Gasteiger partial charge in [0.25, 0.3) is 0 Å². The number of alkyl halides is 3. The molecule has 2 aromatic rings. The van der Waals surface area contributed by atoms with E-state index in [-0.39, 0.29) is 11.8 Å². The number of carboxylic acid groups (broad SMARTS) is 1. The number of nitrogens with zero attached hydrogens (tertiary/aromatic N) is 4. The summed E-state index contributed by atoms with van der Waals surface area (Å²) < 4.78 is 37.4. The molecule has 0 spiro atoms. The van der Waals surface area contributed by atoms with E-state index in [1.54, 1.807) is 29.9 Å². The van der Waals surface area contributed by atoms with Crippen LogP contribution >= 0.6 is 11.3 Å². The van der Waals surface area contributed by atoms with E-state index in [2.05, 4.69) is 25.2 Å². The van der Waals surface area contributed by atoms with E-state index >= 15 is 0 Å². The first-order valence-electron chi connectivity index (χ1n) is 9.29. The molecule has 4 rings (SSSR count). The number of hydrogen-bond acceptors (Lipinski definition) is 8. The lowest BCUT2D eigenvalue weighted by Gasteiger charge is -2.31. The number of likely N-dealkylation sites (tertiary alicyclic amines) is 1. The van der Waals surface area contributed by atoms with Crippen LogP contribution in [0.5, 0.6) is 0 Å². The Morgan fingerprint density at radius 2 is 2.00 bits per heavy atom. The molecule has 2 aliphatic heterocycles. The molecular formula is C18H20F3N5O4S. The zero-order valence-corrected chi connectivity index (χ0v) is 17.0. The Kier molecular flexibility index (Phi) is 7.51. The van der Waals surface area contributed by atoms with Crippen molar-refractivity contribution in [2.45, 2.75) is 12.7 Å². The number of halogens is 3. The number of nitrogens with one attached hydrogen (secondary N) is 1. The van der Waals surface area contributed by atoms with E-state index < -0.39 is 12.1 Å². The lowest BCUT2D eigenvalue weighted by molar-refractivity contribution is -0.192. The van der Waals surface area contributed by atoms with Gasteiger partial charge in [0.15, 0.2) is 5.82 Å². The van der Waals surface area contributed by atoms with Crippen LogP contribution in [0.4, 0.5) is 19.0 Å². The van der Waals surface area contributed by atoms with Gasteiger partial charge in [0.1, 0.15) is 5.01 Å². The van der Waals surface area contributed by atoms with Crippen LogP contribution in [0.25, 0.3) is 0 Å². The molecule has 2 aliphatic rings. The molecule has 31 heavy (non-hydrogen) atoms. The molecule has 2 N–H and O–H groups in total. The fourth-order valence-electron chi connectivity index (χ4n) is 3.59. The quantitative estimate of drug-likeness (QED) is 0.712. The van der Waals surface area contributed by atoms with Crippen molar-refractivity contribution >= 4 is 29.0 Å². The fourth-order valence-corrected chi connectivity index (χ4v) is 4.25. The number of hydrogen-bond donors (Lipinski definition) is 2. The third-order valence-corrected chi connectivity index (χ3v) is 5.71. The van der Waals surface area contributed by atoms with Crippen molar-refractivity contribution in [2.75, 3.05) is 31.6 Å². The standard InChI is InChI=1S/C16H19N5O2S.C2HF3O2/c22-16(20-14-5-17-1-2-18-14)13-10-23-9-11-6-21(7-12(11)13)8-15-19-3-4-24-15;3-2(4,5)1(6)7/h1-5,11-13H,6-10H2,(H,18,20,22);(H,6,7)/t11-,12-,13+;/m1./s1. The molecule has 168 valence electrons. The first kappa shape index (κ1) is 23.0. The van der Waals surface area contributed by atoms with E-state index in [4.69, 9.17) is 14.6 Å². The van der Waals surface area contributed by atoms with Crippen LogP contribution in [0.3, 0.4) is 0 Å². The molecule has 0 aliphatic carbocycles. The Hall–Kier alpha value is -2.64. The van der Waals surface area contributed by atoms with Gasteiger partial charge in [-0.05, 0) is 11.8 Å². The molecule has 4 heterocycles. The maximum Gasteiger partial charge on any atom is 0.490 e. The molecule has 0 aromatic carbocycles. The largest absolute Gasteiger partial charge is 0.490 e.